The topological polar surface area (TPSA) is 107 Å². The molecule has 3 saturated carbocycles. The first-order valence-corrected chi connectivity index (χ1v) is 14.7. The van der Waals surface area contributed by atoms with Crippen molar-refractivity contribution in [2.75, 3.05) is 13.2 Å². The fourth-order valence-electron chi connectivity index (χ4n) is 5.77. The number of carbonyl (C=O) groups excluding carboxylic acids is 3. The van der Waals surface area contributed by atoms with Crippen molar-refractivity contribution in [3.8, 4) is 11.5 Å². The van der Waals surface area contributed by atoms with Crippen molar-refractivity contribution in [3.05, 3.63) is 88.2 Å². The molecule has 3 aliphatic carbocycles. The van der Waals surface area contributed by atoms with Crippen LogP contribution in [0.5, 0.6) is 11.5 Å². The molecule has 6 rings (SSSR count). The maximum atomic E-state index is 13.8. The van der Waals surface area contributed by atoms with E-state index in [1.165, 1.54) is 24.3 Å². The summed E-state index contributed by atoms with van der Waals surface area (Å²) < 4.78 is 46.2. The van der Waals surface area contributed by atoms with E-state index in [0.717, 1.165) is 12.1 Å². The summed E-state index contributed by atoms with van der Waals surface area (Å²) in [5.74, 6) is -2.53. The van der Waals surface area contributed by atoms with Crippen LogP contribution in [0.4, 0.5) is 8.78 Å². The van der Waals surface area contributed by atoms with Gasteiger partial charge in [0.25, 0.3) is 11.8 Å². The molecule has 3 fully saturated rings. The van der Waals surface area contributed by atoms with Crippen LogP contribution >= 0.6 is 23.2 Å². The van der Waals surface area contributed by atoms with Crippen LogP contribution in [0.25, 0.3) is 0 Å². The third kappa shape index (κ3) is 7.22. The van der Waals surface area contributed by atoms with E-state index in [2.05, 4.69) is 10.6 Å². The molecule has 2 aromatic carbocycles. The number of esters is 1. The first-order chi connectivity index (χ1) is 21.0. The lowest BCUT2D eigenvalue weighted by atomic mass is 9.59. The summed E-state index contributed by atoms with van der Waals surface area (Å²) in [6, 6.07) is 11.1. The van der Waals surface area contributed by atoms with Gasteiger partial charge in [-0.15, -0.1) is 0 Å². The summed E-state index contributed by atoms with van der Waals surface area (Å²) in [6.45, 7) is -0.763. The standard InChI is InChI=1S/C31H29Cl2F2N3O6/c1-38-12-2-3-19(16-38)29(41)44-26-15-30(36-27(39)17-42-20-4-6-22(32)24(34)13-20)8-10-31(26,11-9-30)37-28(40)18-43-21-5-7-23(33)25(35)14-21/h2-7,12-14,16,26H,8-11,15,17-18H2,1H3,(H-,36,37,39,40)/p+1. The number of hydrogen-bond donors (Lipinski definition) is 2. The number of carbonyl (C=O) groups is 3. The maximum absolute atomic E-state index is 13.8. The highest BCUT2D eigenvalue weighted by atomic mass is 35.5. The number of amides is 2. The summed E-state index contributed by atoms with van der Waals surface area (Å²) in [5.41, 5.74) is -1.31. The number of hydrogen-bond acceptors (Lipinski definition) is 6. The Bertz CT molecular complexity index is 1580. The lowest BCUT2D eigenvalue weighted by Crippen LogP contribution is -2.71. The molecule has 1 heterocycles. The normalized spacial score (nSPS) is 22.2. The zero-order chi connectivity index (χ0) is 31.5. The predicted octanol–water partition coefficient (Wildman–Crippen LogP) is 4.47. The van der Waals surface area contributed by atoms with Gasteiger partial charge in [-0.1, -0.05) is 23.2 Å². The van der Waals surface area contributed by atoms with Crippen molar-refractivity contribution in [2.24, 2.45) is 7.05 Å². The molecule has 2 N–H and O–H groups in total. The number of halogens is 4. The molecule has 1 aromatic heterocycles. The number of aromatic nitrogens is 1. The second-order valence-corrected chi connectivity index (χ2v) is 11.9. The minimum Gasteiger partial charge on any atom is -0.484 e. The van der Waals surface area contributed by atoms with E-state index in [-0.39, 0.29) is 34.6 Å². The summed E-state index contributed by atoms with van der Waals surface area (Å²) in [6.07, 6.45) is 4.64. The molecule has 232 valence electrons. The predicted molar refractivity (Wildman–Crippen MR) is 155 cm³/mol. The van der Waals surface area contributed by atoms with Crippen LogP contribution < -0.4 is 24.7 Å². The van der Waals surface area contributed by atoms with Gasteiger partial charge in [-0.3, -0.25) is 9.59 Å². The van der Waals surface area contributed by atoms with Gasteiger partial charge >= 0.3 is 5.97 Å². The van der Waals surface area contributed by atoms with Gasteiger partial charge in [0.2, 0.25) is 0 Å². The lowest BCUT2D eigenvalue weighted by Gasteiger charge is -2.57. The molecule has 0 spiro atoms. The van der Waals surface area contributed by atoms with Crippen LogP contribution in [0.1, 0.15) is 42.5 Å². The number of benzene rings is 2. The van der Waals surface area contributed by atoms with Gasteiger partial charge in [-0.05, 0) is 56.0 Å². The van der Waals surface area contributed by atoms with E-state index in [9.17, 15) is 23.2 Å². The number of aryl methyl sites for hydroxylation is 1. The highest BCUT2D eigenvalue weighted by Crippen LogP contribution is 2.48. The largest absolute Gasteiger partial charge is 0.484 e. The van der Waals surface area contributed by atoms with Crippen molar-refractivity contribution in [2.45, 2.75) is 49.3 Å². The Hall–Kier alpha value is -3.96. The molecule has 2 amide bonds. The summed E-state index contributed by atoms with van der Waals surface area (Å²) in [5, 5.41) is 5.92. The monoisotopic (exact) mass is 648 g/mol. The fraction of sp³-hybridized carbons (Fsp3) is 0.355. The molecular weight excluding hydrogens is 619 g/mol. The average Bonchev–Trinajstić information content (AvgIpc) is 2.99. The van der Waals surface area contributed by atoms with E-state index >= 15 is 0 Å². The van der Waals surface area contributed by atoms with Crippen molar-refractivity contribution in [3.63, 3.8) is 0 Å². The number of pyridine rings is 1. The van der Waals surface area contributed by atoms with E-state index in [1.54, 1.807) is 36.1 Å². The highest BCUT2D eigenvalue weighted by Gasteiger charge is 2.57. The number of rotatable bonds is 10. The van der Waals surface area contributed by atoms with E-state index in [0.29, 0.717) is 31.2 Å². The number of nitrogens with zero attached hydrogens (tertiary/aromatic N) is 1. The van der Waals surface area contributed by atoms with Crippen molar-refractivity contribution in [1.82, 2.24) is 10.6 Å². The Morgan fingerprint density at radius 2 is 1.45 bits per heavy atom. The minimum atomic E-state index is -0.915. The Morgan fingerprint density at radius 1 is 0.886 bits per heavy atom. The Kier molecular flexibility index (Phi) is 9.26. The second kappa shape index (κ2) is 13.0. The van der Waals surface area contributed by atoms with Crippen molar-refractivity contribution >= 4 is 41.0 Å². The Balaban J connectivity index is 1.28. The number of ether oxygens (including phenoxy) is 3. The lowest BCUT2D eigenvalue weighted by molar-refractivity contribution is -0.671. The van der Waals surface area contributed by atoms with E-state index in [4.69, 9.17) is 37.4 Å². The molecule has 13 heteroatoms. The van der Waals surface area contributed by atoms with Crippen molar-refractivity contribution < 1.29 is 41.9 Å². The van der Waals surface area contributed by atoms with Gasteiger partial charge in [0.15, 0.2) is 25.6 Å². The smallest absolute Gasteiger partial charge is 0.344 e. The van der Waals surface area contributed by atoms with Crippen molar-refractivity contribution in [1.29, 1.82) is 0 Å². The average molecular weight is 649 g/mol. The summed E-state index contributed by atoms with van der Waals surface area (Å²) in [7, 11) is 1.78. The zero-order valence-electron chi connectivity index (χ0n) is 23.7. The number of fused-ring (bicyclic) bond motifs is 3. The Morgan fingerprint density at radius 3 is 2.00 bits per heavy atom. The molecule has 3 aliphatic rings. The zero-order valence-corrected chi connectivity index (χ0v) is 25.2. The summed E-state index contributed by atoms with van der Waals surface area (Å²) >= 11 is 11.4. The third-order valence-corrected chi connectivity index (χ3v) is 8.64. The Labute approximate surface area is 262 Å². The first-order valence-electron chi connectivity index (χ1n) is 13.9. The van der Waals surface area contributed by atoms with E-state index in [1.807, 2.05) is 0 Å². The van der Waals surface area contributed by atoms with Crippen LogP contribution in [-0.2, 0) is 21.4 Å². The van der Waals surface area contributed by atoms with Gasteiger partial charge in [0.05, 0.1) is 15.6 Å². The minimum absolute atomic E-state index is 0.0593. The van der Waals surface area contributed by atoms with Gasteiger partial charge in [-0.25, -0.2) is 18.1 Å². The molecule has 3 aromatic rings. The van der Waals surface area contributed by atoms with Crippen LogP contribution in [0.15, 0.2) is 60.9 Å². The molecule has 1 atom stereocenters. The quantitative estimate of drug-likeness (QED) is 0.248. The molecule has 0 aliphatic heterocycles. The maximum Gasteiger partial charge on any atom is 0.344 e. The molecule has 0 radical (unpaired) electrons. The molecule has 1 unspecified atom stereocenters. The SMILES string of the molecule is C[n+]1cccc(C(=O)OC2CC3(NC(=O)COc4ccc(Cl)c(F)c4)CCC2(NC(=O)COc2ccc(Cl)c(F)c2)CC3)c1. The van der Waals surface area contributed by atoms with Crippen LogP contribution in [0, 0.1) is 11.6 Å². The first kappa shape index (κ1) is 31.5. The highest BCUT2D eigenvalue weighted by molar-refractivity contribution is 6.31. The second-order valence-electron chi connectivity index (χ2n) is 11.1. The van der Waals surface area contributed by atoms with Gasteiger partial charge < -0.3 is 24.8 Å². The molecule has 44 heavy (non-hydrogen) atoms. The third-order valence-electron chi connectivity index (χ3n) is 8.03. The molecule has 0 saturated heterocycles. The van der Waals surface area contributed by atoms with E-state index < -0.39 is 53.2 Å². The van der Waals surface area contributed by atoms with Gasteiger partial charge in [0, 0.05) is 30.2 Å². The van der Waals surface area contributed by atoms with Crippen LogP contribution in [0.3, 0.4) is 0 Å². The fourth-order valence-corrected chi connectivity index (χ4v) is 6.00. The van der Waals surface area contributed by atoms with Gasteiger partial charge in [0.1, 0.15) is 41.8 Å². The van der Waals surface area contributed by atoms with Crippen LogP contribution in [0.2, 0.25) is 10.0 Å². The molecular formula is C31H30Cl2F2N3O6+. The number of nitrogens with one attached hydrogen (secondary N) is 2. The molecule has 2 bridgehead atoms. The van der Waals surface area contributed by atoms with Crippen LogP contribution in [-0.4, -0.2) is 48.2 Å². The van der Waals surface area contributed by atoms with Gasteiger partial charge in [-0.2, -0.15) is 0 Å². The molecule has 9 nitrogen and oxygen atoms in total. The summed E-state index contributed by atoms with van der Waals surface area (Å²) in [4.78, 5) is 39.2.